The van der Waals surface area contributed by atoms with Crippen LogP contribution in [0.5, 0.6) is 0 Å². The molecule has 2 heterocycles. The van der Waals surface area contributed by atoms with E-state index in [-0.39, 0.29) is 12.0 Å². The number of anilines is 1. The lowest BCUT2D eigenvalue weighted by atomic mass is 10.1. The lowest BCUT2D eigenvalue weighted by molar-refractivity contribution is -0.124. The second-order valence-corrected chi connectivity index (χ2v) is 5.34. The van der Waals surface area contributed by atoms with Gasteiger partial charge >= 0.3 is 0 Å². The summed E-state index contributed by atoms with van der Waals surface area (Å²) in [5.41, 5.74) is 1.50. The maximum atomic E-state index is 12.1. The van der Waals surface area contributed by atoms with Crippen molar-refractivity contribution in [2.75, 3.05) is 11.9 Å². The first kappa shape index (κ1) is 12.6. The fourth-order valence-corrected chi connectivity index (χ4v) is 2.69. The Labute approximate surface area is 119 Å². The Morgan fingerprint density at radius 1 is 1.42 bits per heavy atom. The van der Waals surface area contributed by atoms with Crippen LogP contribution in [-0.4, -0.2) is 23.6 Å². The molecule has 0 spiro atoms. The molecule has 1 saturated heterocycles. The van der Waals surface area contributed by atoms with E-state index in [1.165, 1.54) is 0 Å². The summed E-state index contributed by atoms with van der Waals surface area (Å²) in [5, 5.41) is 3.89. The summed E-state index contributed by atoms with van der Waals surface area (Å²) in [5.74, 6) is -0.0909. The van der Waals surface area contributed by atoms with Crippen LogP contribution in [0.2, 0.25) is 0 Å². The summed E-state index contributed by atoms with van der Waals surface area (Å²) in [6.07, 6.45) is 3.11. The molecule has 0 bridgehead atoms. The number of pyridine rings is 1. The second kappa shape index (κ2) is 5.27. The maximum absolute atomic E-state index is 12.1. The number of carbonyl (C=O) groups excluding carboxylic acids is 1. The summed E-state index contributed by atoms with van der Waals surface area (Å²) in [6, 6.07) is 7.61. The van der Waals surface area contributed by atoms with Gasteiger partial charge in [0.15, 0.2) is 0 Å². The molecule has 0 radical (unpaired) electrons. The number of benzene rings is 1. The predicted molar refractivity (Wildman–Crippen MR) is 77.0 cm³/mol. The molecule has 0 aliphatic carbocycles. The molecule has 1 atom stereocenters. The zero-order valence-corrected chi connectivity index (χ0v) is 11.8. The molecule has 1 aromatic heterocycles. The fourth-order valence-electron chi connectivity index (χ4n) is 2.24. The number of hydrogen-bond acceptors (Lipinski definition) is 3. The van der Waals surface area contributed by atoms with Crippen molar-refractivity contribution in [2.45, 2.75) is 18.9 Å². The van der Waals surface area contributed by atoms with Crippen LogP contribution in [-0.2, 0) is 9.53 Å². The summed E-state index contributed by atoms with van der Waals surface area (Å²) in [7, 11) is 0. The first-order valence-corrected chi connectivity index (χ1v) is 7.01. The van der Waals surface area contributed by atoms with E-state index in [0.29, 0.717) is 6.61 Å². The third-order valence-electron chi connectivity index (χ3n) is 3.20. The van der Waals surface area contributed by atoms with E-state index in [1.807, 2.05) is 24.3 Å². The Balaban J connectivity index is 1.92. The van der Waals surface area contributed by atoms with Gasteiger partial charge in [-0.05, 0) is 31.0 Å². The summed E-state index contributed by atoms with van der Waals surface area (Å²) in [4.78, 5) is 16.4. The Kier molecular flexibility index (Phi) is 3.48. The maximum Gasteiger partial charge on any atom is 0.253 e. The van der Waals surface area contributed by atoms with Crippen LogP contribution in [0.25, 0.3) is 10.9 Å². The van der Waals surface area contributed by atoms with E-state index in [1.54, 1.807) is 6.20 Å². The Morgan fingerprint density at radius 2 is 2.32 bits per heavy atom. The topological polar surface area (TPSA) is 51.2 Å². The monoisotopic (exact) mass is 320 g/mol. The zero-order chi connectivity index (χ0) is 13.2. The van der Waals surface area contributed by atoms with Crippen molar-refractivity contribution in [2.24, 2.45) is 0 Å². The molecular formula is C14H13BrN2O2. The molecule has 5 heteroatoms. The second-order valence-electron chi connectivity index (χ2n) is 4.49. The van der Waals surface area contributed by atoms with Gasteiger partial charge in [-0.3, -0.25) is 9.78 Å². The van der Waals surface area contributed by atoms with Crippen LogP contribution >= 0.6 is 15.9 Å². The van der Waals surface area contributed by atoms with Crippen LogP contribution in [0, 0.1) is 0 Å². The van der Waals surface area contributed by atoms with E-state index in [9.17, 15) is 4.79 Å². The van der Waals surface area contributed by atoms with Crippen LogP contribution < -0.4 is 5.32 Å². The van der Waals surface area contributed by atoms with Gasteiger partial charge in [0, 0.05) is 22.7 Å². The number of ether oxygens (including phenoxy) is 1. The normalized spacial score (nSPS) is 18.7. The summed E-state index contributed by atoms with van der Waals surface area (Å²) in [6.45, 7) is 0.664. The largest absolute Gasteiger partial charge is 0.368 e. The van der Waals surface area contributed by atoms with E-state index in [0.717, 1.165) is 33.9 Å². The van der Waals surface area contributed by atoms with Gasteiger partial charge in [-0.15, -0.1) is 0 Å². The Hall–Kier alpha value is -1.46. The predicted octanol–water partition coefficient (Wildman–Crippen LogP) is 3.11. The number of hydrogen-bond donors (Lipinski definition) is 1. The molecule has 1 aliphatic heterocycles. The SMILES string of the molecule is O=C(Nc1ccc(Br)c2cccnc12)C1CCCO1. The standard InChI is InChI=1S/C14H13BrN2O2/c15-10-5-6-11(13-9(10)3-1-7-16-13)17-14(18)12-4-2-8-19-12/h1,3,5-7,12H,2,4,8H2,(H,17,18). The van der Waals surface area contributed by atoms with E-state index < -0.39 is 0 Å². The first-order chi connectivity index (χ1) is 9.25. The molecule has 1 unspecified atom stereocenters. The minimum absolute atomic E-state index is 0.0909. The number of rotatable bonds is 2. The molecule has 0 saturated carbocycles. The molecule has 19 heavy (non-hydrogen) atoms. The van der Waals surface area contributed by atoms with Gasteiger partial charge in [0.1, 0.15) is 6.10 Å². The fraction of sp³-hybridized carbons (Fsp3) is 0.286. The van der Waals surface area contributed by atoms with Crippen LogP contribution in [0.3, 0.4) is 0 Å². The highest BCUT2D eigenvalue weighted by molar-refractivity contribution is 9.10. The van der Waals surface area contributed by atoms with Crippen LogP contribution in [0.1, 0.15) is 12.8 Å². The number of fused-ring (bicyclic) bond motifs is 1. The van der Waals surface area contributed by atoms with Gasteiger partial charge in [0.05, 0.1) is 11.2 Å². The first-order valence-electron chi connectivity index (χ1n) is 6.21. The number of aromatic nitrogens is 1. The van der Waals surface area contributed by atoms with E-state index in [2.05, 4.69) is 26.2 Å². The molecule has 1 amide bonds. The highest BCUT2D eigenvalue weighted by Crippen LogP contribution is 2.28. The molecule has 1 N–H and O–H groups in total. The third-order valence-corrected chi connectivity index (χ3v) is 3.89. The van der Waals surface area contributed by atoms with Crippen molar-refractivity contribution in [3.8, 4) is 0 Å². The van der Waals surface area contributed by atoms with E-state index in [4.69, 9.17) is 4.74 Å². The molecule has 98 valence electrons. The Bertz CT molecular complexity index is 624. The molecule has 1 aliphatic rings. The van der Waals surface area contributed by atoms with Gasteiger partial charge < -0.3 is 10.1 Å². The minimum atomic E-state index is -0.331. The quantitative estimate of drug-likeness (QED) is 0.925. The number of amides is 1. The minimum Gasteiger partial charge on any atom is -0.368 e. The Morgan fingerprint density at radius 3 is 3.11 bits per heavy atom. The van der Waals surface area contributed by atoms with Gasteiger partial charge in [0.2, 0.25) is 0 Å². The molecule has 3 rings (SSSR count). The molecule has 2 aromatic rings. The van der Waals surface area contributed by atoms with Crippen LogP contribution in [0.4, 0.5) is 5.69 Å². The van der Waals surface area contributed by atoms with Gasteiger partial charge in [-0.2, -0.15) is 0 Å². The van der Waals surface area contributed by atoms with Crippen molar-refractivity contribution >= 4 is 38.4 Å². The average molecular weight is 321 g/mol. The van der Waals surface area contributed by atoms with Crippen molar-refractivity contribution in [3.05, 3.63) is 34.9 Å². The van der Waals surface area contributed by atoms with Crippen molar-refractivity contribution in [1.82, 2.24) is 4.98 Å². The van der Waals surface area contributed by atoms with Crippen LogP contribution in [0.15, 0.2) is 34.9 Å². The number of nitrogens with one attached hydrogen (secondary N) is 1. The lowest BCUT2D eigenvalue weighted by Crippen LogP contribution is -2.27. The highest BCUT2D eigenvalue weighted by atomic mass is 79.9. The smallest absolute Gasteiger partial charge is 0.253 e. The third kappa shape index (κ3) is 2.48. The summed E-state index contributed by atoms with van der Waals surface area (Å²) >= 11 is 3.49. The number of halogens is 1. The van der Waals surface area contributed by atoms with Gasteiger partial charge in [0.25, 0.3) is 5.91 Å². The molecule has 4 nitrogen and oxygen atoms in total. The van der Waals surface area contributed by atoms with Crippen molar-refractivity contribution in [1.29, 1.82) is 0 Å². The van der Waals surface area contributed by atoms with Crippen molar-refractivity contribution in [3.63, 3.8) is 0 Å². The molecule has 1 fully saturated rings. The number of carbonyl (C=O) groups is 1. The lowest BCUT2D eigenvalue weighted by Gasteiger charge is -2.12. The van der Waals surface area contributed by atoms with E-state index >= 15 is 0 Å². The molecule has 1 aromatic carbocycles. The van der Waals surface area contributed by atoms with Gasteiger partial charge in [-0.25, -0.2) is 0 Å². The number of nitrogens with zero attached hydrogens (tertiary/aromatic N) is 1. The summed E-state index contributed by atoms with van der Waals surface area (Å²) < 4.78 is 6.34. The molecular weight excluding hydrogens is 308 g/mol. The average Bonchev–Trinajstić information content (AvgIpc) is 2.96. The zero-order valence-electron chi connectivity index (χ0n) is 10.2. The van der Waals surface area contributed by atoms with Gasteiger partial charge in [-0.1, -0.05) is 22.0 Å². The highest BCUT2D eigenvalue weighted by Gasteiger charge is 2.24. The van der Waals surface area contributed by atoms with Crippen molar-refractivity contribution < 1.29 is 9.53 Å².